The minimum Gasteiger partial charge on any atom is -0.336 e. The Morgan fingerprint density at radius 3 is 2.26 bits per heavy atom. The quantitative estimate of drug-likeness (QED) is 0.868. The van der Waals surface area contributed by atoms with E-state index >= 15 is 0 Å². The highest BCUT2D eigenvalue weighted by Crippen LogP contribution is 2.37. The van der Waals surface area contributed by atoms with Crippen LogP contribution >= 0.6 is 0 Å². The second-order valence-corrected chi connectivity index (χ2v) is 6.56. The molecular formula is C19H22N2O2. The van der Waals surface area contributed by atoms with Gasteiger partial charge in [-0.3, -0.25) is 14.5 Å². The summed E-state index contributed by atoms with van der Waals surface area (Å²) in [5.41, 5.74) is 1.52. The van der Waals surface area contributed by atoms with E-state index in [2.05, 4.69) is 0 Å². The van der Waals surface area contributed by atoms with Gasteiger partial charge in [-0.15, -0.1) is 0 Å². The van der Waals surface area contributed by atoms with Crippen molar-refractivity contribution in [3.8, 4) is 0 Å². The maximum atomic E-state index is 12.7. The lowest BCUT2D eigenvalue weighted by atomic mass is 10.1. The zero-order valence-electron chi connectivity index (χ0n) is 14.0. The van der Waals surface area contributed by atoms with Crippen LogP contribution in [0.5, 0.6) is 0 Å². The molecular weight excluding hydrogens is 288 g/mol. The monoisotopic (exact) mass is 310 g/mol. The lowest BCUT2D eigenvalue weighted by molar-refractivity contribution is -0.133. The molecule has 4 heteroatoms. The molecule has 2 aromatic carbocycles. The number of hydrogen-bond acceptors (Lipinski definition) is 2. The molecule has 2 amide bonds. The van der Waals surface area contributed by atoms with E-state index in [-0.39, 0.29) is 30.4 Å². The molecule has 0 saturated carbocycles. The molecule has 1 aliphatic heterocycles. The zero-order valence-corrected chi connectivity index (χ0v) is 14.0. The average Bonchev–Trinajstić information content (AvgIpc) is 2.75. The van der Waals surface area contributed by atoms with E-state index in [4.69, 9.17) is 0 Å². The Morgan fingerprint density at radius 1 is 1.04 bits per heavy atom. The highest BCUT2D eigenvalue weighted by Gasteiger charge is 2.32. The van der Waals surface area contributed by atoms with Crippen LogP contribution in [0, 0.1) is 0 Å². The Balaban J connectivity index is 1.96. The number of hydrogen-bond donors (Lipinski definition) is 0. The van der Waals surface area contributed by atoms with Crippen LogP contribution in [0.1, 0.15) is 38.1 Å². The molecule has 1 aliphatic rings. The van der Waals surface area contributed by atoms with E-state index in [0.717, 1.165) is 16.5 Å². The molecule has 0 atom stereocenters. The van der Waals surface area contributed by atoms with Crippen molar-refractivity contribution in [2.75, 3.05) is 11.4 Å². The first kappa shape index (κ1) is 15.5. The van der Waals surface area contributed by atoms with Gasteiger partial charge >= 0.3 is 0 Å². The highest BCUT2D eigenvalue weighted by atomic mass is 16.2. The van der Waals surface area contributed by atoms with Gasteiger partial charge in [0.1, 0.15) is 6.54 Å². The molecule has 0 aliphatic carbocycles. The van der Waals surface area contributed by atoms with Crippen LogP contribution in [-0.4, -0.2) is 35.3 Å². The van der Waals surface area contributed by atoms with Gasteiger partial charge in [-0.1, -0.05) is 24.3 Å². The van der Waals surface area contributed by atoms with Crippen molar-refractivity contribution in [3.63, 3.8) is 0 Å². The van der Waals surface area contributed by atoms with Gasteiger partial charge in [0.2, 0.25) is 5.91 Å². The number of rotatable bonds is 4. The number of nitrogens with zero attached hydrogens (tertiary/aromatic N) is 2. The van der Waals surface area contributed by atoms with Gasteiger partial charge in [0, 0.05) is 23.0 Å². The molecule has 4 nitrogen and oxygen atoms in total. The predicted octanol–water partition coefficient (Wildman–Crippen LogP) is 3.45. The molecule has 2 aromatic rings. The van der Waals surface area contributed by atoms with Crippen LogP contribution in [0.4, 0.5) is 5.69 Å². The van der Waals surface area contributed by atoms with Gasteiger partial charge in [-0.05, 0) is 45.2 Å². The topological polar surface area (TPSA) is 40.6 Å². The van der Waals surface area contributed by atoms with Crippen LogP contribution < -0.4 is 4.90 Å². The van der Waals surface area contributed by atoms with Crippen LogP contribution in [0.3, 0.4) is 0 Å². The Kier molecular flexibility index (Phi) is 3.84. The van der Waals surface area contributed by atoms with Crippen molar-refractivity contribution in [1.82, 2.24) is 4.90 Å². The molecule has 1 heterocycles. The normalized spacial score (nSPS) is 13.5. The fourth-order valence-electron chi connectivity index (χ4n) is 3.53. The van der Waals surface area contributed by atoms with Gasteiger partial charge in [0.05, 0.1) is 5.69 Å². The lowest BCUT2D eigenvalue weighted by Gasteiger charge is -2.32. The maximum absolute atomic E-state index is 12.7. The Labute approximate surface area is 136 Å². The van der Waals surface area contributed by atoms with Crippen LogP contribution in [-0.2, 0) is 4.79 Å². The number of benzene rings is 2. The fourth-order valence-corrected chi connectivity index (χ4v) is 3.53. The first-order valence-corrected chi connectivity index (χ1v) is 8.06. The molecule has 23 heavy (non-hydrogen) atoms. The summed E-state index contributed by atoms with van der Waals surface area (Å²) in [6.45, 7) is 8.08. The zero-order chi connectivity index (χ0) is 16.7. The minimum absolute atomic E-state index is 0.0202. The molecule has 120 valence electrons. The molecule has 0 fully saturated rings. The summed E-state index contributed by atoms with van der Waals surface area (Å²) in [5.74, 6) is -0.106. The second kappa shape index (κ2) is 5.69. The second-order valence-electron chi connectivity index (χ2n) is 6.56. The first-order valence-electron chi connectivity index (χ1n) is 8.06. The summed E-state index contributed by atoms with van der Waals surface area (Å²) in [4.78, 5) is 28.9. The van der Waals surface area contributed by atoms with Gasteiger partial charge in [-0.2, -0.15) is 0 Å². The third kappa shape index (κ3) is 2.48. The minimum atomic E-state index is -0.0855. The Bertz CT molecular complexity index is 767. The number of amides is 2. The van der Waals surface area contributed by atoms with Crippen LogP contribution in [0.25, 0.3) is 10.8 Å². The van der Waals surface area contributed by atoms with Gasteiger partial charge in [-0.25, -0.2) is 0 Å². The number of carbonyl (C=O) groups is 2. The Hall–Kier alpha value is -2.36. The predicted molar refractivity (Wildman–Crippen MR) is 92.7 cm³/mol. The summed E-state index contributed by atoms with van der Waals surface area (Å²) in [5, 5.41) is 1.99. The first-order chi connectivity index (χ1) is 10.9. The van der Waals surface area contributed by atoms with Gasteiger partial charge in [0.15, 0.2) is 0 Å². The van der Waals surface area contributed by atoms with E-state index in [1.165, 1.54) is 0 Å². The van der Waals surface area contributed by atoms with E-state index in [1.807, 2.05) is 69.0 Å². The molecule has 0 spiro atoms. The largest absolute Gasteiger partial charge is 0.336 e. The van der Waals surface area contributed by atoms with E-state index in [1.54, 1.807) is 4.90 Å². The van der Waals surface area contributed by atoms with Crippen LogP contribution in [0.15, 0.2) is 36.4 Å². The highest BCUT2D eigenvalue weighted by molar-refractivity contribution is 6.26. The third-order valence-electron chi connectivity index (χ3n) is 4.34. The summed E-state index contributed by atoms with van der Waals surface area (Å²) in [6, 6.07) is 11.8. The molecule has 0 radical (unpaired) electrons. The SMILES string of the molecule is CC(C)N(C(=O)CN1C(=O)c2cccc3cccc1c23)C(C)C. The summed E-state index contributed by atoms with van der Waals surface area (Å²) in [6.07, 6.45) is 0. The van der Waals surface area contributed by atoms with E-state index in [0.29, 0.717) is 5.56 Å². The third-order valence-corrected chi connectivity index (χ3v) is 4.34. The smallest absolute Gasteiger partial charge is 0.259 e. The molecule has 0 bridgehead atoms. The lowest BCUT2D eigenvalue weighted by Crippen LogP contribution is -2.47. The van der Waals surface area contributed by atoms with Crippen molar-refractivity contribution >= 4 is 28.3 Å². The maximum Gasteiger partial charge on any atom is 0.259 e. The van der Waals surface area contributed by atoms with E-state index < -0.39 is 0 Å². The average molecular weight is 310 g/mol. The summed E-state index contributed by atoms with van der Waals surface area (Å²) >= 11 is 0. The van der Waals surface area contributed by atoms with Crippen molar-refractivity contribution < 1.29 is 9.59 Å². The number of carbonyl (C=O) groups excluding carboxylic acids is 2. The fraction of sp³-hybridized carbons (Fsp3) is 0.368. The van der Waals surface area contributed by atoms with E-state index in [9.17, 15) is 9.59 Å². The standard InChI is InChI=1S/C19H22N2O2/c1-12(2)21(13(3)4)17(22)11-20-16-10-6-8-14-7-5-9-15(18(14)16)19(20)23/h5-10,12-13H,11H2,1-4H3. The summed E-state index contributed by atoms with van der Waals surface area (Å²) < 4.78 is 0. The van der Waals surface area contributed by atoms with Crippen molar-refractivity contribution in [1.29, 1.82) is 0 Å². The molecule has 0 aromatic heterocycles. The summed E-state index contributed by atoms with van der Waals surface area (Å²) in [7, 11) is 0. The van der Waals surface area contributed by atoms with Gasteiger partial charge < -0.3 is 4.90 Å². The molecule has 0 unspecified atom stereocenters. The van der Waals surface area contributed by atoms with Crippen molar-refractivity contribution in [3.05, 3.63) is 42.0 Å². The van der Waals surface area contributed by atoms with Crippen LogP contribution in [0.2, 0.25) is 0 Å². The van der Waals surface area contributed by atoms with Crippen molar-refractivity contribution in [2.45, 2.75) is 39.8 Å². The Morgan fingerprint density at radius 2 is 1.65 bits per heavy atom. The van der Waals surface area contributed by atoms with Gasteiger partial charge in [0.25, 0.3) is 5.91 Å². The molecule has 3 rings (SSSR count). The molecule has 0 N–H and O–H groups in total. The van der Waals surface area contributed by atoms with Crippen molar-refractivity contribution in [2.24, 2.45) is 0 Å². The number of anilines is 1. The molecule has 0 saturated heterocycles.